The highest BCUT2D eigenvalue weighted by molar-refractivity contribution is 7.80. The number of fused-ring (bicyclic) bond motifs is 1. The summed E-state index contributed by atoms with van der Waals surface area (Å²) in [6, 6.07) is 10.0. The minimum absolute atomic E-state index is 0.123. The van der Waals surface area contributed by atoms with Crippen molar-refractivity contribution in [2.45, 2.75) is 19.5 Å². The minimum atomic E-state index is -0.994. The van der Waals surface area contributed by atoms with E-state index in [0.717, 1.165) is 29.8 Å². The molecule has 2 heterocycles. The first-order valence-electron chi connectivity index (χ1n) is 7.41. The van der Waals surface area contributed by atoms with Gasteiger partial charge in [0, 0.05) is 44.4 Å². The van der Waals surface area contributed by atoms with Gasteiger partial charge in [-0.15, -0.1) is 0 Å². The molecule has 1 aromatic heterocycles. The van der Waals surface area contributed by atoms with Crippen LogP contribution < -0.4 is 5.32 Å². The molecule has 0 radical (unpaired) electrons. The lowest BCUT2D eigenvalue weighted by Crippen LogP contribution is -2.42. The van der Waals surface area contributed by atoms with Gasteiger partial charge in [-0.1, -0.05) is 30.3 Å². The van der Waals surface area contributed by atoms with Crippen molar-refractivity contribution in [2.24, 2.45) is 7.05 Å². The smallest absolute Gasteiger partial charge is 0.356 e. The number of nitrogens with one attached hydrogen (secondary N) is 1. The summed E-state index contributed by atoms with van der Waals surface area (Å²) in [4.78, 5) is 13.3. The Kier molecular flexibility index (Phi) is 4.29. The molecule has 2 N–H and O–H groups in total. The van der Waals surface area contributed by atoms with Gasteiger partial charge in [0.2, 0.25) is 0 Å². The number of thiocarbonyl (C=S) groups is 1. The molecular formula is C16H18N4O2S. The number of aromatic nitrogens is 2. The molecule has 7 heteroatoms. The number of aryl methyl sites for hydroxylation is 1. The third-order valence-electron chi connectivity index (χ3n) is 4.02. The third kappa shape index (κ3) is 3.19. The zero-order valence-electron chi connectivity index (χ0n) is 12.8. The Labute approximate surface area is 139 Å². The van der Waals surface area contributed by atoms with Crippen molar-refractivity contribution in [1.29, 1.82) is 0 Å². The molecule has 1 aromatic carbocycles. The number of nitrogens with zero attached hydrogens (tertiary/aromatic N) is 3. The summed E-state index contributed by atoms with van der Waals surface area (Å²) in [6.07, 6.45) is 0.735. The van der Waals surface area contributed by atoms with Crippen LogP contribution in [0.3, 0.4) is 0 Å². The highest BCUT2D eigenvalue weighted by Crippen LogP contribution is 2.22. The number of rotatable bonds is 3. The third-order valence-corrected chi connectivity index (χ3v) is 4.42. The molecule has 1 aliphatic heterocycles. The summed E-state index contributed by atoms with van der Waals surface area (Å²) in [5.74, 6) is -0.994. The van der Waals surface area contributed by atoms with E-state index in [-0.39, 0.29) is 5.69 Å². The second-order valence-electron chi connectivity index (χ2n) is 5.52. The van der Waals surface area contributed by atoms with Gasteiger partial charge in [0.1, 0.15) is 0 Å². The van der Waals surface area contributed by atoms with E-state index in [9.17, 15) is 9.90 Å². The zero-order chi connectivity index (χ0) is 16.4. The molecule has 0 aliphatic carbocycles. The van der Waals surface area contributed by atoms with Crippen LogP contribution in [-0.4, -0.2) is 37.4 Å². The Morgan fingerprint density at radius 1 is 1.39 bits per heavy atom. The predicted molar refractivity (Wildman–Crippen MR) is 90.2 cm³/mol. The van der Waals surface area contributed by atoms with Gasteiger partial charge >= 0.3 is 5.97 Å². The Morgan fingerprint density at radius 2 is 2.13 bits per heavy atom. The summed E-state index contributed by atoms with van der Waals surface area (Å²) in [6.45, 7) is 1.89. The van der Waals surface area contributed by atoms with Crippen molar-refractivity contribution >= 4 is 23.3 Å². The second kappa shape index (κ2) is 6.37. The average Bonchev–Trinajstić information content (AvgIpc) is 2.90. The van der Waals surface area contributed by atoms with E-state index >= 15 is 0 Å². The molecule has 0 saturated heterocycles. The normalized spacial score (nSPS) is 13.5. The number of hydrogen-bond acceptors (Lipinski definition) is 3. The van der Waals surface area contributed by atoms with Crippen LogP contribution in [0, 0.1) is 0 Å². The quantitative estimate of drug-likeness (QED) is 0.832. The van der Waals surface area contributed by atoms with Crippen LogP contribution in [0.1, 0.15) is 27.3 Å². The summed E-state index contributed by atoms with van der Waals surface area (Å²) < 4.78 is 1.66. The summed E-state index contributed by atoms with van der Waals surface area (Å²) in [5.41, 5.74) is 3.01. The van der Waals surface area contributed by atoms with Crippen LogP contribution in [0.5, 0.6) is 0 Å². The molecular weight excluding hydrogens is 312 g/mol. The first-order valence-corrected chi connectivity index (χ1v) is 7.82. The van der Waals surface area contributed by atoms with E-state index in [1.54, 1.807) is 11.7 Å². The molecule has 0 amide bonds. The largest absolute Gasteiger partial charge is 0.476 e. The second-order valence-corrected chi connectivity index (χ2v) is 5.91. The monoisotopic (exact) mass is 330 g/mol. The number of carboxylic acid groups (broad SMARTS) is 1. The highest BCUT2D eigenvalue weighted by Gasteiger charge is 2.27. The first-order chi connectivity index (χ1) is 11.1. The Hall–Kier alpha value is -2.41. The number of aromatic carboxylic acids is 1. The lowest BCUT2D eigenvalue weighted by atomic mass is 10.1. The molecule has 23 heavy (non-hydrogen) atoms. The fourth-order valence-electron chi connectivity index (χ4n) is 2.82. The van der Waals surface area contributed by atoms with Crippen molar-refractivity contribution in [3.05, 3.63) is 52.8 Å². The predicted octanol–water partition coefficient (Wildman–Crippen LogP) is 1.55. The molecule has 3 rings (SSSR count). The van der Waals surface area contributed by atoms with Crippen molar-refractivity contribution in [2.75, 3.05) is 6.54 Å². The van der Waals surface area contributed by atoms with Crippen LogP contribution in [0.4, 0.5) is 0 Å². The fraction of sp³-hybridized carbons (Fsp3) is 0.312. The van der Waals surface area contributed by atoms with Crippen molar-refractivity contribution in [3.8, 4) is 0 Å². The summed E-state index contributed by atoms with van der Waals surface area (Å²) in [7, 11) is 1.78. The van der Waals surface area contributed by atoms with Gasteiger partial charge in [-0.2, -0.15) is 5.10 Å². The molecule has 2 aromatic rings. The number of carboxylic acids is 1. The van der Waals surface area contributed by atoms with E-state index in [2.05, 4.69) is 10.4 Å². The molecule has 0 unspecified atom stereocenters. The van der Waals surface area contributed by atoms with E-state index < -0.39 is 5.97 Å². The maximum absolute atomic E-state index is 11.3. The lowest BCUT2D eigenvalue weighted by Gasteiger charge is -2.30. The summed E-state index contributed by atoms with van der Waals surface area (Å²) >= 11 is 5.46. The first kappa shape index (κ1) is 15.5. The van der Waals surface area contributed by atoms with Crippen LogP contribution in [0.2, 0.25) is 0 Å². The Bertz CT molecular complexity index is 742. The van der Waals surface area contributed by atoms with E-state index in [4.69, 9.17) is 12.2 Å². The maximum Gasteiger partial charge on any atom is 0.356 e. The Morgan fingerprint density at radius 3 is 2.83 bits per heavy atom. The molecule has 0 bridgehead atoms. The zero-order valence-corrected chi connectivity index (χ0v) is 13.6. The Balaban J connectivity index is 1.69. The number of hydrogen-bond donors (Lipinski definition) is 2. The topological polar surface area (TPSA) is 70.4 Å². The maximum atomic E-state index is 11.3. The standard InChI is InChI=1S/C16H18N4O2S/c1-19-13-7-8-20(10-12(13)14(18-19)15(21)22)16(23)17-9-11-5-3-2-4-6-11/h2-6H,7-10H2,1H3,(H,17,23)(H,21,22). The fourth-order valence-corrected chi connectivity index (χ4v) is 3.05. The molecule has 0 spiro atoms. The SMILES string of the molecule is Cn1nc(C(=O)O)c2c1CCN(C(=S)NCc1ccccc1)C2. The minimum Gasteiger partial charge on any atom is -0.476 e. The van der Waals surface area contributed by atoms with Crippen LogP contribution >= 0.6 is 12.2 Å². The lowest BCUT2D eigenvalue weighted by molar-refractivity contribution is 0.0687. The number of benzene rings is 1. The summed E-state index contributed by atoms with van der Waals surface area (Å²) in [5, 5.41) is 17.3. The molecule has 1 aliphatic rings. The van der Waals surface area contributed by atoms with Gasteiger partial charge in [0.15, 0.2) is 10.8 Å². The van der Waals surface area contributed by atoms with Gasteiger partial charge in [-0.05, 0) is 17.8 Å². The van der Waals surface area contributed by atoms with Gasteiger partial charge in [-0.3, -0.25) is 4.68 Å². The van der Waals surface area contributed by atoms with Crippen LogP contribution in [-0.2, 0) is 26.6 Å². The van der Waals surface area contributed by atoms with Crippen molar-refractivity contribution in [3.63, 3.8) is 0 Å². The van der Waals surface area contributed by atoms with E-state index in [0.29, 0.717) is 18.2 Å². The molecule has 0 saturated carbocycles. The van der Waals surface area contributed by atoms with Gasteiger partial charge < -0.3 is 15.3 Å². The van der Waals surface area contributed by atoms with Gasteiger partial charge in [0.05, 0.1) is 0 Å². The van der Waals surface area contributed by atoms with Crippen molar-refractivity contribution < 1.29 is 9.90 Å². The van der Waals surface area contributed by atoms with Crippen molar-refractivity contribution in [1.82, 2.24) is 20.0 Å². The van der Waals surface area contributed by atoms with Gasteiger partial charge in [0.25, 0.3) is 0 Å². The number of carbonyl (C=O) groups is 1. The van der Waals surface area contributed by atoms with E-state index in [1.807, 2.05) is 35.2 Å². The van der Waals surface area contributed by atoms with Crippen LogP contribution in [0.15, 0.2) is 30.3 Å². The van der Waals surface area contributed by atoms with Gasteiger partial charge in [-0.25, -0.2) is 4.79 Å². The molecule has 120 valence electrons. The van der Waals surface area contributed by atoms with Crippen LogP contribution in [0.25, 0.3) is 0 Å². The highest BCUT2D eigenvalue weighted by atomic mass is 32.1. The average molecular weight is 330 g/mol. The van der Waals surface area contributed by atoms with E-state index in [1.165, 1.54) is 0 Å². The molecule has 0 atom stereocenters. The molecule has 6 nitrogen and oxygen atoms in total. The molecule has 0 fully saturated rings.